The highest BCUT2D eigenvalue weighted by Crippen LogP contribution is 2.39. The minimum absolute atomic E-state index is 0.0360. The van der Waals surface area contributed by atoms with E-state index in [1.54, 1.807) is 43.5 Å². The topological polar surface area (TPSA) is 54.9 Å². The van der Waals surface area contributed by atoms with Gasteiger partial charge in [-0.05, 0) is 61.6 Å². The summed E-state index contributed by atoms with van der Waals surface area (Å²) in [6.07, 6.45) is -1.17. The van der Waals surface area contributed by atoms with Crippen LogP contribution in [0.5, 0.6) is 5.75 Å². The number of esters is 1. The number of ether oxygens (including phenoxy) is 2. The van der Waals surface area contributed by atoms with Crippen molar-refractivity contribution < 1.29 is 31.8 Å². The molecule has 0 radical (unpaired) electrons. The summed E-state index contributed by atoms with van der Waals surface area (Å²) in [7, 11) is 1.29. The van der Waals surface area contributed by atoms with E-state index in [1.807, 2.05) is 0 Å². The summed E-state index contributed by atoms with van der Waals surface area (Å²) in [5, 5.41) is 0. The lowest BCUT2D eigenvalue weighted by Crippen LogP contribution is -2.47. The van der Waals surface area contributed by atoms with E-state index in [2.05, 4.69) is 9.88 Å². The number of fused-ring (bicyclic) bond motifs is 1. The van der Waals surface area contributed by atoms with Crippen LogP contribution in [-0.2, 0) is 11.2 Å². The molecular formula is C26H31F4N3O3. The maximum absolute atomic E-state index is 13.5. The molecular weight excluding hydrogens is 478 g/mol. The molecule has 4 rings (SSSR count). The van der Waals surface area contributed by atoms with Crippen molar-refractivity contribution in [3.63, 3.8) is 0 Å². The number of hydrogen-bond donors (Lipinski definition) is 0. The molecule has 2 aromatic rings. The van der Waals surface area contributed by atoms with Gasteiger partial charge in [0.2, 0.25) is 0 Å². The number of rotatable bonds is 8. The van der Waals surface area contributed by atoms with E-state index < -0.39 is 30.8 Å². The Kier molecular flexibility index (Phi) is 8.14. The van der Waals surface area contributed by atoms with Crippen molar-refractivity contribution in [2.45, 2.75) is 50.6 Å². The fourth-order valence-electron chi connectivity index (χ4n) is 5.14. The van der Waals surface area contributed by atoms with Gasteiger partial charge in [-0.2, -0.15) is 13.2 Å². The Bertz CT molecular complexity index is 1050. The average molecular weight is 510 g/mol. The predicted octanol–water partition coefficient (Wildman–Crippen LogP) is 4.58. The maximum atomic E-state index is 13.5. The number of carbonyl (C=O) groups is 1. The normalized spacial score (nSPS) is 22.9. The second-order valence-electron chi connectivity index (χ2n) is 9.44. The summed E-state index contributed by atoms with van der Waals surface area (Å²) in [6.45, 7) is 2.57. The second kappa shape index (κ2) is 11.1. The number of carbonyl (C=O) groups excluding carboxylic acids is 1. The van der Waals surface area contributed by atoms with Gasteiger partial charge in [0, 0.05) is 25.7 Å². The first-order chi connectivity index (χ1) is 17.2. The highest BCUT2D eigenvalue weighted by molar-refractivity contribution is 5.89. The van der Waals surface area contributed by atoms with Crippen LogP contribution in [0.15, 0.2) is 36.5 Å². The Balaban J connectivity index is 1.58. The molecule has 196 valence electrons. The average Bonchev–Trinajstić information content (AvgIpc) is 3.29. The summed E-state index contributed by atoms with van der Waals surface area (Å²) >= 11 is 0. The van der Waals surface area contributed by atoms with E-state index in [0.717, 1.165) is 18.5 Å². The Labute approximate surface area is 208 Å². The number of nitrogens with zero attached hydrogens (tertiary/aromatic N) is 3. The van der Waals surface area contributed by atoms with Crippen LogP contribution in [0, 0.1) is 0 Å². The summed E-state index contributed by atoms with van der Waals surface area (Å²) in [5.41, 5.74) is 2.32. The molecule has 0 spiro atoms. The van der Waals surface area contributed by atoms with Crippen molar-refractivity contribution in [3.8, 4) is 5.75 Å². The Morgan fingerprint density at radius 1 is 1.22 bits per heavy atom. The fraction of sp³-hybridized carbons (Fsp3) is 0.538. The van der Waals surface area contributed by atoms with Gasteiger partial charge in [-0.3, -0.25) is 19.2 Å². The van der Waals surface area contributed by atoms with Crippen LogP contribution in [0.1, 0.15) is 53.0 Å². The second-order valence-corrected chi connectivity index (χ2v) is 9.44. The van der Waals surface area contributed by atoms with Crippen molar-refractivity contribution in [2.75, 3.05) is 40.0 Å². The number of pyridine rings is 1. The van der Waals surface area contributed by atoms with E-state index in [0.29, 0.717) is 48.5 Å². The minimum Gasteiger partial charge on any atom is -0.487 e. The van der Waals surface area contributed by atoms with Gasteiger partial charge < -0.3 is 9.47 Å². The van der Waals surface area contributed by atoms with Crippen molar-refractivity contribution in [3.05, 3.63) is 58.9 Å². The third-order valence-corrected chi connectivity index (χ3v) is 6.81. The van der Waals surface area contributed by atoms with Crippen LogP contribution >= 0.6 is 0 Å². The van der Waals surface area contributed by atoms with Gasteiger partial charge in [0.15, 0.2) is 0 Å². The summed E-state index contributed by atoms with van der Waals surface area (Å²) in [6, 6.07) is 7.25. The quantitative estimate of drug-likeness (QED) is 0.384. The van der Waals surface area contributed by atoms with E-state index >= 15 is 0 Å². The molecule has 3 atom stereocenters. The standard InChI is InChI=1S/C26H31F4N3O3/c1-17-12-19-13-18(25(34)35-2)4-6-22(19)24(33(17)16-26(28,29)30)23-7-5-20(14-31-23)36-21-8-11-32(15-21)10-3-9-27/h4-7,13-14,17,21,24H,3,8-12,15-16H2,1-2H3/t17-,21+,24+/m1/s1. The summed E-state index contributed by atoms with van der Waals surface area (Å²) < 4.78 is 63.9. The SMILES string of the molecule is COC(=O)c1ccc2c(c1)C[C@@H](C)N(CC(F)(F)F)[C@@H]2c1ccc(O[C@H]2CCN(CCCF)C2)cn1. The molecule has 6 nitrogen and oxygen atoms in total. The number of likely N-dealkylation sites (tertiary alicyclic amines) is 1. The molecule has 3 heterocycles. The number of hydrogen-bond acceptors (Lipinski definition) is 6. The van der Waals surface area contributed by atoms with Gasteiger partial charge in [0.1, 0.15) is 11.9 Å². The largest absolute Gasteiger partial charge is 0.487 e. The van der Waals surface area contributed by atoms with Gasteiger partial charge in [0.05, 0.1) is 43.8 Å². The molecule has 1 fully saturated rings. The highest BCUT2D eigenvalue weighted by atomic mass is 19.4. The zero-order valence-corrected chi connectivity index (χ0v) is 20.4. The van der Waals surface area contributed by atoms with Crippen molar-refractivity contribution in [1.82, 2.24) is 14.8 Å². The number of halogens is 4. The highest BCUT2D eigenvalue weighted by Gasteiger charge is 2.41. The molecule has 0 amide bonds. The van der Waals surface area contributed by atoms with Gasteiger partial charge in [0.25, 0.3) is 0 Å². The lowest BCUT2D eigenvalue weighted by molar-refractivity contribution is -0.155. The number of benzene rings is 1. The Morgan fingerprint density at radius 2 is 2.03 bits per heavy atom. The van der Waals surface area contributed by atoms with Gasteiger partial charge in [-0.15, -0.1) is 0 Å². The minimum atomic E-state index is -4.38. The van der Waals surface area contributed by atoms with E-state index in [1.165, 1.54) is 12.0 Å². The first kappa shape index (κ1) is 26.3. The monoisotopic (exact) mass is 509 g/mol. The Hall–Kier alpha value is -2.72. The van der Waals surface area contributed by atoms with Gasteiger partial charge in [-0.1, -0.05) is 6.07 Å². The Morgan fingerprint density at radius 3 is 2.69 bits per heavy atom. The third kappa shape index (κ3) is 6.15. The number of methoxy groups -OCH3 is 1. The molecule has 1 saturated heterocycles. The van der Waals surface area contributed by atoms with Gasteiger partial charge >= 0.3 is 12.1 Å². The van der Waals surface area contributed by atoms with E-state index in [-0.39, 0.29) is 12.8 Å². The molecule has 2 aliphatic rings. The zero-order chi connectivity index (χ0) is 25.9. The first-order valence-corrected chi connectivity index (χ1v) is 12.1. The maximum Gasteiger partial charge on any atom is 0.401 e. The fourth-order valence-corrected chi connectivity index (χ4v) is 5.14. The molecule has 1 aromatic heterocycles. The summed E-state index contributed by atoms with van der Waals surface area (Å²) in [5.74, 6) is 0.0538. The molecule has 0 aliphatic carbocycles. The van der Waals surface area contributed by atoms with Crippen LogP contribution in [0.25, 0.3) is 0 Å². The van der Waals surface area contributed by atoms with Crippen molar-refractivity contribution in [2.24, 2.45) is 0 Å². The van der Waals surface area contributed by atoms with Crippen LogP contribution in [-0.4, -0.2) is 79.0 Å². The molecule has 0 N–H and O–H groups in total. The molecule has 0 saturated carbocycles. The molecule has 36 heavy (non-hydrogen) atoms. The van der Waals surface area contributed by atoms with Crippen LogP contribution in [0.2, 0.25) is 0 Å². The molecule has 0 bridgehead atoms. The lowest BCUT2D eigenvalue weighted by Gasteiger charge is -2.42. The van der Waals surface area contributed by atoms with Crippen molar-refractivity contribution >= 4 is 5.97 Å². The predicted molar refractivity (Wildman–Crippen MR) is 126 cm³/mol. The third-order valence-electron chi connectivity index (χ3n) is 6.81. The molecule has 10 heteroatoms. The van der Waals surface area contributed by atoms with Crippen molar-refractivity contribution in [1.29, 1.82) is 0 Å². The first-order valence-electron chi connectivity index (χ1n) is 12.1. The smallest absolute Gasteiger partial charge is 0.401 e. The molecule has 1 aromatic carbocycles. The molecule has 2 aliphatic heterocycles. The summed E-state index contributed by atoms with van der Waals surface area (Å²) in [4.78, 5) is 20.1. The molecule has 0 unspecified atom stereocenters. The number of alkyl halides is 4. The zero-order valence-electron chi connectivity index (χ0n) is 20.4. The number of aromatic nitrogens is 1. The van der Waals surface area contributed by atoms with E-state index in [4.69, 9.17) is 9.47 Å². The van der Waals surface area contributed by atoms with Crippen LogP contribution in [0.3, 0.4) is 0 Å². The van der Waals surface area contributed by atoms with Crippen LogP contribution < -0.4 is 4.74 Å². The van der Waals surface area contributed by atoms with E-state index in [9.17, 15) is 22.4 Å². The van der Waals surface area contributed by atoms with Gasteiger partial charge in [-0.25, -0.2) is 4.79 Å². The lowest BCUT2D eigenvalue weighted by atomic mass is 9.85. The van der Waals surface area contributed by atoms with Crippen LogP contribution in [0.4, 0.5) is 17.6 Å².